The lowest BCUT2D eigenvalue weighted by atomic mass is 10.1. The third-order valence-corrected chi connectivity index (χ3v) is 1.94. The van der Waals surface area contributed by atoms with Crippen molar-refractivity contribution in [1.29, 1.82) is 0 Å². The van der Waals surface area contributed by atoms with E-state index in [1.54, 1.807) is 0 Å². The first-order valence-corrected chi connectivity index (χ1v) is 3.85. The van der Waals surface area contributed by atoms with Crippen molar-refractivity contribution in [3.05, 3.63) is 23.8 Å². The zero-order valence-electron chi connectivity index (χ0n) is 7.21. The first-order chi connectivity index (χ1) is 6.56. The number of para-hydroxylation sites is 1. The van der Waals surface area contributed by atoms with Gasteiger partial charge in [0.1, 0.15) is 0 Å². The minimum Gasteiger partial charge on any atom is -0.493 e. The number of alkyl halides is 2. The van der Waals surface area contributed by atoms with E-state index < -0.39 is 11.9 Å². The van der Waals surface area contributed by atoms with Crippen molar-refractivity contribution >= 4 is 5.78 Å². The summed E-state index contributed by atoms with van der Waals surface area (Å²) in [7, 11) is 1.32. The van der Waals surface area contributed by atoms with Gasteiger partial charge in [0.2, 0.25) is 0 Å². The molecule has 1 aromatic rings. The van der Waals surface area contributed by atoms with Gasteiger partial charge in [-0.1, -0.05) is 6.07 Å². The zero-order chi connectivity index (χ0) is 10.3. The lowest BCUT2D eigenvalue weighted by Gasteiger charge is -2.07. The summed E-state index contributed by atoms with van der Waals surface area (Å²) in [4.78, 5) is 11.1. The van der Waals surface area contributed by atoms with Gasteiger partial charge in [-0.2, -0.15) is 8.78 Å². The summed E-state index contributed by atoms with van der Waals surface area (Å²) in [6.45, 7) is 0. The Kier molecular flexibility index (Phi) is 1.70. The van der Waals surface area contributed by atoms with Gasteiger partial charge in [0, 0.05) is 0 Å². The molecule has 0 saturated carbocycles. The van der Waals surface area contributed by atoms with Crippen LogP contribution in [0.1, 0.15) is 10.4 Å². The summed E-state index contributed by atoms with van der Waals surface area (Å²) in [6.07, 6.45) is -3.77. The molecule has 0 amide bonds. The standard InChI is InChI=1S/C9H6F2O3/c1-13-6-4-2-3-5-7(6)14-9(10,11)8(5)12/h2-4H,1H3. The third-order valence-electron chi connectivity index (χ3n) is 1.94. The molecule has 5 heteroatoms. The topological polar surface area (TPSA) is 35.5 Å². The van der Waals surface area contributed by atoms with Crippen LogP contribution in [-0.4, -0.2) is 19.0 Å². The van der Waals surface area contributed by atoms with Crippen molar-refractivity contribution in [2.75, 3.05) is 7.11 Å². The number of benzene rings is 1. The van der Waals surface area contributed by atoms with E-state index in [1.165, 1.54) is 25.3 Å². The van der Waals surface area contributed by atoms with Crippen LogP contribution in [0.4, 0.5) is 8.78 Å². The lowest BCUT2D eigenvalue weighted by molar-refractivity contribution is -0.124. The number of halogens is 2. The number of hydrogen-bond acceptors (Lipinski definition) is 3. The number of fused-ring (bicyclic) bond motifs is 1. The van der Waals surface area contributed by atoms with Gasteiger partial charge < -0.3 is 9.47 Å². The predicted octanol–water partition coefficient (Wildman–Crippen LogP) is 1.86. The number of methoxy groups -OCH3 is 1. The minimum atomic E-state index is -3.77. The van der Waals surface area contributed by atoms with E-state index in [-0.39, 0.29) is 17.1 Å². The molecule has 0 aromatic heterocycles. The fourth-order valence-corrected chi connectivity index (χ4v) is 1.29. The lowest BCUT2D eigenvalue weighted by Crippen LogP contribution is -2.28. The minimum absolute atomic E-state index is 0.132. The summed E-state index contributed by atoms with van der Waals surface area (Å²) in [6, 6.07) is 4.19. The molecule has 0 N–H and O–H groups in total. The normalized spacial score (nSPS) is 17.5. The van der Waals surface area contributed by atoms with Crippen LogP contribution in [0.25, 0.3) is 0 Å². The first kappa shape index (κ1) is 8.93. The maximum atomic E-state index is 12.8. The largest absolute Gasteiger partial charge is 0.493 e. The third kappa shape index (κ3) is 1.05. The monoisotopic (exact) mass is 200 g/mol. The summed E-state index contributed by atoms with van der Waals surface area (Å²) in [5, 5.41) is 0. The van der Waals surface area contributed by atoms with Crippen LogP contribution in [0.5, 0.6) is 11.5 Å². The molecular formula is C9H6F2O3. The molecule has 0 atom stereocenters. The van der Waals surface area contributed by atoms with Gasteiger partial charge in [0.05, 0.1) is 12.7 Å². The van der Waals surface area contributed by atoms with Crippen molar-refractivity contribution in [2.45, 2.75) is 6.11 Å². The first-order valence-electron chi connectivity index (χ1n) is 3.85. The van der Waals surface area contributed by atoms with E-state index in [2.05, 4.69) is 4.74 Å². The van der Waals surface area contributed by atoms with E-state index in [1.807, 2.05) is 0 Å². The average molecular weight is 200 g/mol. The van der Waals surface area contributed by atoms with Crippen molar-refractivity contribution in [1.82, 2.24) is 0 Å². The number of Topliss-reactive ketones (excluding diaryl/α,β-unsaturated/α-hetero) is 1. The van der Waals surface area contributed by atoms with Crippen LogP contribution in [-0.2, 0) is 0 Å². The Hall–Kier alpha value is -1.65. The van der Waals surface area contributed by atoms with Crippen LogP contribution >= 0.6 is 0 Å². The Bertz CT molecular complexity index is 401. The predicted molar refractivity (Wildman–Crippen MR) is 42.9 cm³/mol. The molecule has 1 aromatic carbocycles. The molecule has 1 heterocycles. The fraction of sp³-hybridized carbons (Fsp3) is 0.222. The zero-order valence-corrected chi connectivity index (χ0v) is 7.21. The number of rotatable bonds is 1. The molecule has 74 valence electrons. The van der Waals surface area contributed by atoms with Gasteiger partial charge in [-0.25, -0.2) is 0 Å². The van der Waals surface area contributed by atoms with Gasteiger partial charge >= 0.3 is 6.11 Å². The van der Waals surface area contributed by atoms with Crippen molar-refractivity contribution < 1.29 is 23.0 Å². The smallest absolute Gasteiger partial charge is 0.466 e. The molecule has 0 fully saturated rings. The van der Waals surface area contributed by atoms with Gasteiger partial charge in [0.25, 0.3) is 5.78 Å². The Balaban J connectivity index is 2.58. The highest BCUT2D eigenvalue weighted by atomic mass is 19.3. The molecule has 1 aliphatic heterocycles. The number of ketones is 1. The fourth-order valence-electron chi connectivity index (χ4n) is 1.29. The Morgan fingerprint density at radius 1 is 1.43 bits per heavy atom. The van der Waals surface area contributed by atoms with Crippen LogP contribution < -0.4 is 9.47 Å². The molecule has 0 radical (unpaired) electrons. The molecule has 0 spiro atoms. The molecular weight excluding hydrogens is 194 g/mol. The van der Waals surface area contributed by atoms with E-state index in [4.69, 9.17) is 4.74 Å². The van der Waals surface area contributed by atoms with Crippen LogP contribution in [0, 0.1) is 0 Å². The second kappa shape index (κ2) is 2.67. The number of hydrogen-bond donors (Lipinski definition) is 0. The van der Waals surface area contributed by atoms with Crippen LogP contribution in [0.3, 0.4) is 0 Å². The van der Waals surface area contributed by atoms with Gasteiger partial charge in [-0.15, -0.1) is 0 Å². The molecule has 14 heavy (non-hydrogen) atoms. The maximum Gasteiger partial charge on any atom is 0.466 e. The van der Waals surface area contributed by atoms with E-state index in [0.29, 0.717) is 0 Å². The van der Waals surface area contributed by atoms with E-state index in [9.17, 15) is 13.6 Å². The SMILES string of the molecule is COc1cccc2c1OC(F)(F)C2=O. The Labute approximate surface area is 78.2 Å². The molecule has 0 aliphatic carbocycles. The molecule has 0 saturated heterocycles. The molecule has 1 aliphatic rings. The summed E-state index contributed by atoms with van der Waals surface area (Å²) >= 11 is 0. The van der Waals surface area contributed by atoms with Gasteiger partial charge in [0.15, 0.2) is 11.5 Å². The number of ether oxygens (including phenoxy) is 2. The van der Waals surface area contributed by atoms with Crippen LogP contribution in [0.2, 0.25) is 0 Å². The highest BCUT2D eigenvalue weighted by molar-refractivity contribution is 6.06. The van der Waals surface area contributed by atoms with Crippen LogP contribution in [0.15, 0.2) is 18.2 Å². The molecule has 3 nitrogen and oxygen atoms in total. The number of carbonyl (C=O) groups is 1. The Morgan fingerprint density at radius 3 is 2.79 bits per heavy atom. The van der Waals surface area contributed by atoms with E-state index >= 15 is 0 Å². The summed E-state index contributed by atoms with van der Waals surface area (Å²) in [5.74, 6) is -1.38. The summed E-state index contributed by atoms with van der Waals surface area (Å²) < 4.78 is 34.6. The number of carbonyl (C=O) groups excluding carboxylic acids is 1. The second-order valence-corrected chi connectivity index (χ2v) is 2.78. The van der Waals surface area contributed by atoms with Gasteiger partial charge in [-0.3, -0.25) is 4.79 Å². The highest BCUT2D eigenvalue weighted by Crippen LogP contribution is 2.42. The van der Waals surface area contributed by atoms with Gasteiger partial charge in [-0.05, 0) is 12.1 Å². The van der Waals surface area contributed by atoms with Crippen molar-refractivity contribution in [2.24, 2.45) is 0 Å². The molecule has 0 bridgehead atoms. The maximum absolute atomic E-state index is 12.8. The Morgan fingerprint density at radius 2 is 2.14 bits per heavy atom. The van der Waals surface area contributed by atoms with Crippen molar-refractivity contribution in [3.63, 3.8) is 0 Å². The van der Waals surface area contributed by atoms with E-state index in [0.717, 1.165) is 0 Å². The molecule has 2 rings (SSSR count). The molecule has 0 unspecified atom stereocenters. The second-order valence-electron chi connectivity index (χ2n) is 2.78. The van der Waals surface area contributed by atoms with Crippen molar-refractivity contribution in [3.8, 4) is 11.5 Å². The quantitative estimate of drug-likeness (QED) is 0.694. The highest BCUT2D eigenvalue weighted by Gasteiger charge is 2.51. The average Bonchev–Trinajstić information content (AvgIpc) is 2.38. The summed E-state index contributed by atoms with van der Waals surface area (Å²) in [5.41, 5.74) is -0.144.